The second-order valence-corrected chi connectivity index (χ2v) is 5.57. The van der Waals surface area contributed by atoms with Crippen molar-refractivity contribution in [3.05, 3.63) is 35.2 Å². The van der Waals surface area contributed by atoms with Crippen LogP contribution in [-0.2, 0) is 16.1 Å². The van der Waals surface area contributed by atoms with Gasteiger partial charge in [0.1, 0.15) is 0 Å². The summed E-state index contributed by atoms with van der Waals surface area (Å²) in [5.74, 6) is 0.732. The molecule has 1 amide bonds. The van der Waals surface area contributed by atoms with E-state index in [2.05, 4.69) is 15.5 Å². The number of ether oxygens (including phenoxy) is 1. The van der Waals surface area contributed by atoms with E-state index in [9.17, 15) is 4.79 Å². The van der Waals surface area contributed by atoms with Crippen molar-refractivity contribution in [2.24, 2.45) is 0 Å². The largest absolute Gasteiger partial charge is 0.378 e. The molecule has 1 atom stereocenters. The number of benzene rings is 1. The fraction of sp³-hybridized carbons (Fsp3) is 0.400. The third kappa shape index (κ3) is 3.84. The lowest BCUT2D eigenvalue weighted by Gasteiger charge is -2.08. The van der Waals surface area contributed by atoms with Gasteiger partial charge < -0.3 is 14.6 Å². The fourth-order valence-electron chi connectivity index (χ4n) is 2.33. The quantitative estimate of drug-likeness (QED) is 0.915. The van der Waals surface area contributed by atoms with E-state index in [0.717, 1.165) is 25.0 Å². The van der Waals surface area contributed by atoms with Gasteiger partial charge in [0.2, 0.25) is 17.6 Å². The number of rotatable bonds is 5. The molecule has 116 valence electrons. The number of halogens is 1. The van der Waals surface area contributed by atoms with Crippen LogP contribution in [0.2, 0.25) is 5.02 Å². The van der Waals surface area contributed by atoms with E-state index in [1.165, 1.54) is 0 Å². The summed E-state index contributed by atoms with van der Waals surface area (Å²) in [6.45, 7) is 0.948. The van der Waals surface area contributed by atoms with Gasteiger partial charge in [-0.3, -0.25) is 4.79 Å². The van der Waals surface area contributed by atoms with E-state index in [1.54, 1.807) is 12.1 Å². The van der Waals surface area contributed by atoms with E-state index in [-0.39, 0.29) is 18.6 Å². The standard InChI is InChI=1S/C15H16ClN3O3/c16-11-4-1-3-10(7-11)15-18-14(22-19-15)9-17-13(20)8-12-5-2-6-21-12/h1,3-4,7,12H,2,5-6,8-9H2,(H,17,20). The molecule has 0 radical (unpaired) electrons. The van der Waals surface area contributed by atoms with Gasteiger partial charge in [-0.15, -0.1) is 0 Å². The predicted molar refractivity (Wildman–Crippen MR) is 80.2 cm³/mol. The van der Waals surface area contributed by atoms with E-state index < -0.39 is 0 Å². The van der Waals surface area contributed by atoms with Crippen LogP contribution < -0.4 is 5.32 Å². The average molecular weight is 322 g/mol. The molecule has 2 heterocycles. The van der Waals surface area contributed by atoms with E-state index >= 15 is 0 Å². The van der Waals surface area contributed by atoms with Gasteiger partial charge in [0.15, 0.2) is 0 Å². The zero-order chi connectivity index (χ0) is 15.4. The summed E-state index contributed by atoms with van der Waals surface area (Å²) in [6.07, 6.45) is 2.36. The summed E-state index contributed by atoms with van der Waals surface area (Å²) in [5.41, 5.74) is 0.771. The lowest BCUT2D eigenvalue weighted by molar-refractivity contribution is -0.123. The zero-order valence-corrected chi connectivity index (χ0v) is 12.7. The molecule has 1 aromatic carbocycles. The molecule has 0 spiro atoms. The van der Waals surface area contributed by atoms with Crippen LogP contribution in [0.4, 0.5) is 0 Å². The Balaban J connectivity index is 1.54. The molecule has 6 nitrogen and oxygen atoms in total. The molecule has 1 fully saturated rings. The van der Waals surface area contributed by atoms with Gasteiger partial charge in [-0.05, 0) is 25.0 Å². The maximum absolute atomic E-state index is 11.8. The minimum Gasteiger partial charge on any atom is -0.378 e. The molecule has 1 saturated heterocycles. The highest BCUT2D eigenvalue weighted by Gasteiger charge is 2.19. The Bertz CT molecular complexity index is 653. The molecular formula is C15H16ClN3O3. The molecule has 0 saturated carbocycles. The Morgan fingerprint density at radius 3 is 3.14 bits per heavy atom. The van der Waals surface area contributed by atoms with Crippen molar-refractivity contribution >= 4 is 17.5 Å². The molecule has 0 aliphatic carbocycles. The molecule has 0 bridgehead atoms. The molecule has 1 unspecified atom stereocenters. The summed E-state index contributed by atoms with van der Waals surface area (Å²) in [4.78, 5) is 16.0. The second-order valence-electron chi connectivity index (χ2n) is 5.14. The summed E-state index contributed by atoms with van der Waals surface area (Å²) < 4.78 is 10.6. The maximum Gasteiger partial charge on any atom is 0.246 e. The van der Waals surface area contributed by atoms with Crippen LogP contribution in [-0.4, -0.2) is 28.8 Å². The third-order valence-electron chi connectivity index (χ3n) is 3.42. The topological polar surface area (TPSA) is 77.2 Å². The fourth-order valence-corrected chi connectivity index (χ4v) is 2.52. The van der Waals surface area contributed by atoms with Crippen molar-refractivity contribution < 1.29 is 14.1 Å². The summed E-state index contributed by atoms with van der Waals surface area (Å²) in [6, 6.07) is 7.19. The molecule has 7 heteroatoms. The Kier molecular flexibility index (Phi) is 4.70. The number of amides is 1. The maximum atomic E-state index is 11.8. The predicted octanol–water partition coefficient (Wildman–Crippen LogP) is 2.58. The number of nitrogens with zero attached hydrogens (tertiary/aromatic N) is 2. The number of nitrogens with one attached hydrogen (secondary N) is 1. The molecule has 22 heavy (non-hydrogen) atoms. The minimum absolute atomic E-state index is 0.0321. The van der Waals surface area contributed by atoms with Gasteiger partial charge in [0, 0.05) is 17.2 Å². The first-order chi connectivity index (χ1) is 10.7. The van der Waals surface area contributed by atoms with E-state index in [0.29, 0.717) is 23.2 Å². The van der Waals surface area contributed by atoms with E-state index in [1.807, 2.05) is 12.1 Å². The van der Waals surface area contributed by atoms with Gasteiger partial charge in [-0.1, -0.05) is 28.9 Å². The number of aromatic nitrogens is 2. The molecule has 1 aliphatic rings. The second kappa shape index (κ2) is 6.89. The monoisotopic (exact) mass is 321 g/mol. The van der Waals surface area contributed by atoms with Crippen molar-refractivity contribution in [3.63, 3.8) is 0 Å². The molecule has 2 aromatic rings. The van der Waals surface area contributed by atoms with Crippen molar-refractivity contribution in [1.29, 1.82) is 0 Å². The van der Waals surface area contributed by atoms with Crippen LogP contribution in [0.5, 0.6) is 0 Å². The number of carbonyl (C=O) groups excluding carboxylic acids is 1. The highest BCUT2D eigenvalue weighted by molar-refractivity contribution is 6.30. The van der Waals surface area contributed by atoms with Crippen LogP contribution in [0.3, 0.4) is 0 Å². The smallest absolute Gasteiger partial charge is 0.246 e. The highest BCUT2D eigenvalue weighted by Crippen LogP contribution is 2.20. The Morgan fingerprint density at radius 2 is 2.36 bits per heavy atom. The summed E-state index contributed by atoms with van der Waals surface area (Å²) in [7, 11) is 0. The summed E-state index contributed by atoms with van der Waals surface area (Å²) >= 11 is 5.93. The normalized spacial score (nSPS) is 17.6. The number of carbonyl (C=O) groups is 1. The average Bonchev–Trinajstić information content (AvgIpc) is 3.16. The van der Waals surface area contributed by atoms with Crippen LogP contribution >= 0.6 is 11.6 Å². The van der Waals surface area contributed by atoms with Gasteiger partial charge in [0.05, 0.1) is 19.1 Å². The molecule has 1 aliphatic heterocycles. The first-order valence-electron chi connectivity index (χ1n) is 7.17. The van der Waals surface area contributed by atoms with Crippen molar-refractivity contribution in [2.75, 3.05) is 6.61 Å². The minimum atomic E-state index is -0.0746. The first kappa shape index (κ1) is 15.0. The van der Waals surface area contributed by atoms with Gasteiger partial charge in [-0.25, -0.2) is 0 Å². The third-order valence-corrected chi connectivity index (χ3v) is 3.66. The first-order valence-corrected chi connectivity index (χ1v) is 7.55. The molecular weight excluding hydrogens is 306 g/mol. The van der Waals surface area contributed by atoms with Crippen molar-refractivity contribution in [2.45, 2.75) is 31.9 Å². The molecule has 1 N–H and O–H groups in total. The summed E-state index contributed by atoms with van der Waals surface area (Å²) in [5, 5.41) is 7.25. The number of hydrogen-bond acceptors (Lipinski definition) is 5. The molecule has 3 rings (SSSR count). The Labute approximate surface area is 132 Å². The van der Waals surface area contributed by atoms with Crippen LogP contribution in [0.25, 0.3) is 11.4 Å². The Hall–Kier alpha value is -1.92. The Morgan fingerprint density at radius 1 is 1.45 bits per heavy atom. The van der Waals surface area contributed by atoms with Gasteiger partial charge >= 0.3 is 0 Å². The van der Waals surface area contributed by atoms with E-state index in [4.69, 9.17) is 20.9 Å². The van der Waals surface area contributed by atoms with Crippen LogP contribution in [0.1, 0.15) is 25.2 Å². The lowest BCUT2D eigenvalue weighted by Crippen LogP contribution is -2.26. The van der Waals surface area contributed by atoms with Crippen LogP contribution in [0, 0.1) is 0 Å². The SMILES string of the molecule is O=C(CC1CCCO1)NCc1nc(-c2cccc(Cl)c2)no1. The van der Waals surface area contributed by atoms with Crippen molar-refractivity contribution in [3.8, 4) is 11.4 Å². The number of hydrogen-bond donors (Lipinski definition) is 1. The van der Waals surface area contributed by atoms with Gasteiger partial charge in [0.25, 0.3) is 0 Å². The van der Waals surface area contributed by atoms with Crippen molar-refractivity contribution in [1.82, 2.24) is 15.5 Å². The van der Waals surface area contributed by atoms with Crippen LogP contribution in [0.15, 0.2) is 28.8 Å². The lowest BCUT2D eigenvalue weighted by atomic mass is 10.2. The van der Waals surface area contributed by atoms with Gasteiger partial charge in [-0.2, -0.15) is 4.98 Å². The highest BCUT2D eigenvalue weighted by atomic mass is 35.5. The zero-order valence-electron chi connectivity index (χ0n) is 11.9. The molecule has 1 aromatic heterocycles.